The van der Waals surface area contributed by atoms with Crippen molar-refractivity contribution in [2.24, 2.45) is 0 Å². The van der Waals surface area contributed by atoms with Crippen molar-refractivity contribution in [3.63, 3.8) is 0 Å². The number of carbonyl (C=O) groups is 3. The van der Waals surface area contributed by atoms with E-state index in [2.05, 4.69) is 5.32 Å². The Morgan fingerprint density at radius 2 is 1.71 bits per heavy atom. The summed E-state index contributed by atoms with van der Waals surface area (Å²) in [6.07, 6.45) is -0.783. The lowest BCUT2D eigenvalue weighted by atomic mass is 10.1. The highest BCUT2D eigenvalue weighted by atomic mass is 32.2. The second-order valence-electron chi connectivity index (χ2n) is 8.88. The fraction of sp³-hybridized carbons (Fsp3) is 0.400. The number of thioether (sulfide) groups is 1. The van der Waals surface area contributed by atoms with E-state index in [4.69, 9.17) is 9.47 Å². The summed E-state index contributed by atoms with van der Waals surface area (Å²) >= 11 is 1.38. The van der Waals surface area contributed by atoms with Crippen LogP contribution in [0.2, 0.25) is 0 Å². The first-order valence-electron chi connectivity index (χ1n) is 11.0. The number of hydrogen-bond acceptors (Lipinski definition) is 6. The van der Waals surface area contributed by atoms with Crippen LogP contribution in [0.1, 0.15) is 37.3 Å². The van der Waals surface area contributed by atoms with Crippen molar-refractivity contribution in [1.29, 1.82) is 0 Å². The van der Waals surface area contributed by atoms with Gasteiger partial charge in [0.15, 0.2) is 0 Å². The number of hydrogen-bond donors (Lipinski definition) is 2. The molecule has 2 aromatic carbocycles. The summed E-state index contributed by atoms with van der Waals surface area (Å²) in [5.74, 6) is -1.39. The van der Waals surface area contributed by atoms with Crippen LogP contribution < -0.4 is 5.32 Å². The van der Waals surface area contributed by atoms with E-state index in [1.807, 2.05) is 81.4 Å². The third-order valence-corrected chi connectivity index (χ3v) is 6.43. The molecule has 2 aromatic rings. The molecule has 182 valence electrons. The minimum absolute atomic E-state index is 0.0394. The van der Waals surface area contributed by atoms with E-state index < -0.39 is 41.0 Å². The number of aliphatic carboxylic acids is 1. The maximum Gasteiger partial charge on any atom is 0.408 e. The Balaban J connectivity index is 1.80. The molecule has 1 aliphatic rings. The SMILES string of the molecule is CC(C)(C)OC[C@H](NC(=O)OCc1ccccc1)C(=O)N1C(c2ccccc2)SC[C@H]1C(=O)O. The first-order valence-corrected chi connectivity index (χ1v) is 12.0. The Morgan fingerprint density at radius 3 is 2.29 bits per heavy atom. The molecule has 3 atom stereocenters. The van der Waals surface area contributed by atoms with Crippen LogP contribution in [0.4, 0.5) is 4.79 Å². The molecular weight excluding hydrogens is 456 g/mol. The molecule has 1 saturated heterocycles. The molecule has 1 fully saturated rings. The number of rotatable bonds is 8. The highest BCUT2D eigenvalue weighted by Crippen LogP contribution is 2.41. The van der Waals surface area contributed by atoms with Gasteiger partial charge in [-0.25, -0.2) is 9.59 Å². The molecule has 2 amide bonds. The van der Waals surface area contributed by atoms with Crippen molar-refractivity contribution in [1.82, 2.24) is 10.2 Å². The molecule has 1 aliphatic heterocycles. The maximum absolute atomic E-state index is 13.7. The third-order valence-electron chi connectivity index (χ3n) is 5.11. The zero-order chi connectivity index (χ0) is 24.7. The maximum atomic E-state index is 13.7. The molecule has 0 radical (unpaired) electrons. The average Bonchev–Trinajstić information content (AvgIpc) is 3.26. The highest BCUT2D eigenvalue weighted by Gasteiger charge is 2.45. The Bertz CT molecular complexity index is 980. The van der Waals surface area contributed by atoms with E-state index in [9.17, 15) is 19.5 Å². The predicted molar refractivity (Wildman–Crippen MR) is 129 cm³/mol. The first-order chi connectivity index (χ1) is 16.2. The Labute approximate surface area is 203 Å². The summed E-state index contributed by atoms with van der Waals surface area (Å²) in [6.45, 7) is 5.41. The number of amides is 2. The summed E-state index contributed by atoms with van der Waals surface area (Å²) < 4.78 is 11.1. The van der Waals surface area contributed by atoms with Crippen LogP contribution >= 0.6 is 11.8 Å². The largest absolute Gasteiger partial charge is 0.480 e. The predicted octanol–water partition coefficient (Wildman–Crippen LogP) is 3.82. The number of alkyl carbamates (subject to hydrolysis) is 1. The van der Waals surface area contributed by atoms with Crippen molar-refractivity contribution in [3.8, 4) is 0 Å². The molecule has 0 aliphatic carbocycles. The Morgan fingerprint density at radius 1 is 1.09 bits per heavy atom. The molecule has 0 aromatic heterocycles. The molecule has 1 unspecified atom stereocenters. The van der Waals surface area contributed by atoms with E-state index in [1.54, 1.807) is 0 Å². The monoisotopic (exact) mass is 486 g/mol. The van der Waals surface area contributed by atoms with Gasteiger partial charge in [0.05, 0.1) is 12.2 Å². The molecule has 8 nitrogen and oxygen atoms in total. The lowest BCUT2D eigenvalue weighted by Crippen LogP contribution is -2.55. The van der Waals surface area contributed by atoms with E-state index in [0.717, 1.165) is 11.1 Å². The lowest BCUT2D eigenvalue weighted by molar-refractivity contribution is -0.151. The number of carboxylic acid groups (broad SMARTS) is 1. The average molecular weight is 487 g/mol. The number of nitrogens with one attached hydrogen (secondary N) is 1. The number of benzene rings is 2. The Kier molecular flexibility index (Phi) is 8.57. The van der Waals surface area contributed by atoms with Crippen molar-refractivity contribution < 1.29 is 29.0 Å². The van der Waals surface area contributed by atoms with Crippen molar-refractivity contribution in [2.45, 2.75) is 50.4 Å². The molecular formula is C25H30N2O6S. The van der Waals surface area contributed by atoms with Gasteiger partial charge in [0.2, 0.25) is 5.91 Å². The standard InChI is InChI=1S/C25H30N2O6S/c1-25(2,3)33-15-19(26-24(31)32-14-17-10-6-4-7-11-17)21(28)27-20(23(29)30)16-34-22(27)18-12-8-5-9-13-18/h4-13,19-20,22H,14-16H2,1-3H3,(H,26,31)(H,29,30)/t19-,20-,22?/m0/s1. The second kappa shape index (κ2) is 11.4. The summed E-state index contributed by atoms with van der Waals surface area (Å²) in [6, 6.07) is 16.3. The van der Waals surface area contributed by atoms with Crippen LogP contribution in [0.15, 0.2) is 60.7 Å². The summed E-state index contributed by atoms with van der Waals surface area (Å²) in [4.78, 5) is 39.5. The van der Waals surface area contributed by atoms with Crippen LogP contribution in [-0.4, -0.2) is 58.0 Å². The first kappa shape index (κ1) is 25.6. The van der Waals surface area contributed by atoms with Gasteiger partial charge in [0, 0.05) is 5.75 Å². The van der Waals surface area contributed by atoms with Gasteiger partial charge in [-0.15, -0.1) is 11.8 Å². The minimum atomic E-state index is -1.12. The van der Waals surface area contributed by atoms with Gasteiger partial charge in [-0.2, -0.15) is 0 Å². The fourth-order valence-electron chi connectivity index (χ4n) is 3.44. The quantitative estimate of drug-likeness (QED) is 0.584. The summed E-state index contributed by atoms with van der Waals surface area (Å²) in [5, 5.41) is 11.9. The number of carboxylic acids is 1. The van der Waals surface area contributed by atoms with Gasteiger partial charge >= 0.3 is 12.1 Å². The van der Waals surface area contributed by atoms with Gasteiger partial charge in [-0.3, -0.25) is 4.79 Å². The molecule has 0 spiro atoms. The van der Waals surface area contributed by atoms with Crippen LogP contribution in [0.3, 0.4) is 0 Å². The molecule has 0 bridgehead atoms. The highest BCUT2D eigenvalue weighted by molar-refractivity contribution is 7.99. The zero-order valence-corrected chi connectivity index (χ0v) is 20.3. The Hall–Kier alpha value is -3.04. The normalized spacial score (nSPS) is 18.9. The molecule has 3 rings (SSSR count). The van der Waals surface area contributed by atoms with E-state index in [0.29, 0.717) is 0 Å². The van der Waals surface area contributed by atoms with Crippen molar-refractivity contribution in [3.05, 3.63) is 71.8 Å². The molecule has 0 saturated carbocycles. The van der Waals surface area contributed by atoms with Crippen LogP contribution in [0, 0.1) is 0 Å². The van der Waals surface area contributed by atoms with E-state index in [-0.39, 0.29) is 19.0 Å². The summed E-state index contributed by atoms with van der Waals surface area (Å²) in [5.41, 5.74) is 1.04. The molecule has 1 heterocycles. The van der Waals surface area contributed by atoms with Gasteiger partial charge in [0.25, 0.3) is 0 Å². The lowest BCUT2D eigenvalue weighted by Gasteiger charge is -2.32. The van der Waals surface area contributed by atoms with Crippen LogP contribution in [0.5, 0.6) is 0 Å². The van der Waals surface area contributed by atoms with E-state index in [1.165, 1.54) is 16.7 Å². The number of carbonyl (C=O) groups excluding carboxylic acids is 2. The topological polar surface area (TPSA) is 105 Å². The second-order valence-corrected chi connectivity index (χ2v) is 9.99. The van der Waals surface area contributed by atoms with E-state index >= 15 is 0 Å². The number of ether oxygens (including phenoxy) is 2. The van der Waals surface area contributed by atoms with Gasteiger partial charge in [0.1, 0.15) is 24.1 Å². The van der Waals surface area contributed by atoms with Crippen molar-refractivity contribution in [2.75, 3.05) is 12.4 Å². The van der Waals surface area contributed by atoms with Gasteiger partial charge in [-0.1, -0.05) is 60.7 Å². The molecule has 9 heteroatoms. The smallest absolute Gasteiger partial charge is 0.408 e. The summed E-state index contributed by atoms with van der Waals surface area (Å²) in [7, 11) is 0. The fourth-order valence-corrected chi connectivity index (χ4v) is 4.86. The van der Waals surface area contributed by atoms with Gasteiger partial charge < -0.3 is 24.8 Å². The van der Waals surface area contributed by atoms with Crippen molar-refractivity contribution >= 4 is 29.7 Å². The molecule has 34 heavy (non-hydrogen) atoms. The third kappa shape index (κ3) is 6.98. The molecule has 2 N–H and O–H groups in total. The number of nitrogens with zero attached hydrogens (tertiary/aromatic N) is 1. The van der Waals surface area contributed by atoms with Crippen LogP contribution in [-0.2, 0) is 25.7 Å². The van der Waals surface area contributed by atoms with Gasteiger partial charge in [-0.05, 0) is 31.9 Å². The van der Waals surface area contributed by atoms with Crippen LogP contribution in [0.25, 0.3) is 0 Å². The minimum Gasteiger partial charge on any atom is -0.480 e. The zero-order valence-electron chi connectivity index (χ0n) is 19.5.